The van der Waals surface area contributed by atoms with Gasteiger partial charge in [0, 0.05) is 18.8 Å². The second-order valence-corrected chi connectivity index (χ2v) is 5.40. The summed E-state index contributed by atoms with van der Waals surface area (Å²) in [5.74, 6) is -0.476. The molecule has 0 bridgehead atoms. The van der Waals surface area contributed by atoms with E-state index in [0.29, 0.717) is 18.5 Å². The van der Waals surface area contributed by atoms with Crippen LogP contribution < -0.4 is 15.4 Å². The number of methoxy groups -OCH3 is 1. The van der Waals surface area contributed by atoms with Gasteiger partial charge < -0.3 is 15.4 Å². The maximum absolute atomic E-state index is 13.7. The molecule has 110 valence electrons. The summed E-state index contributed by atoms with van der Waals surface area (Å²) in [4.78, 5) is 14.0. The fourth-order valence-corrected chi connectivity index (χ4v) is 2.71. The number of halogens is 1. The van der Waals surface area contributed by atoms with Crippen LogP contribution in [0.1, 0.15) is 32.1 Å². The topological polar surface area (TPSA) is 55.6 Å². The van der Waals surface area contributed by atoms with Gasteiger partial charge in [0.1, 0.15) is 0 Å². The van der Waals surface area contributed by atoms with E-state index < -0.39 is 11.4 Å². The van der Waals surface area contributed by atoms with Crippen molar-refractivity contribution in [2.75, 3.05) is 19.1 Å². The maximum Gasteiger partial charge on any atom is 0.246 e. The summed E-state index contributed by atoms with van der Waals surface area (Å²) in [6.07, 6.45) is 4.43. The van der Waals surface area contributed by atoms with Crippen molar-refractivity contribution < 1.29 is 13.9 Å². The number of ether oxygens (including phenoxy) is 1. The third-order valence-corrected chi connectivity index (χ3v) is 4.00. The number of nitrogens with two attached hydrogens (primary N) is 1. The lowest BCUT2D eigenvalue weighted by atomic mass is 9.81. The normalized spacial score (nSPS) is 17.6. The summed E-state index contributed by atoms with van der Waals surface area (Å²) in [5.41, 5.74) is 5.90. The fourth-order valence-electron chi connectivity index (χ4n) is 2.71. The van der Waals surface area contributed by atoms with Gasteiger partial charge in [-0.1, -0.05) is 19.3 Å². The molecule has 0 heterocycles. The Balaban J connectivity index is 2.19. The number of carbonyl (C=O) groups is 1. The van der Waals surface area contributed by atoms with E-state index in [4.69, 9.17) is 10.5 Å². The third-order valence-electron chi connectivity index (χ3n) is 4.00. The zero-order valence-corrected chi connectivity index (χ0v) is 12.0. The van der Waals surface area contributed by atoms with E-state index in [1.54, 1.807) is 13.1 Å². The van der Waals surface area contributed by atoms with Gasteiger partial charge in [-0.05, 0) is 25.0 Å². The number of benzene rings is 1. The Hall–Kier alpha value is -1.62. The van der Waals surface area contributed by atoms with Crippen molar-refractivity contribution in [3.63, 3.8) is 0 Å². The zero-order valence-electron chi connectivity index (χ0n) is 12.0. The molecule has 2 N–H and O–H groups in total. The highest BCUT2D eigenvalue weighted by atomic mass is 19.1. The van der Waals surface area contributed by atoms with Crippen LogP contribution >= 0.6 is 0 Å². The van der Waals surface area contributed by atoms with Gasteiger partial charge in [0.05, 0.1) is 12.6 Å². The van der Waals surface area contributed by atoms with E-state index in [1.807, 2.05) is 0 Å². The summed E-state index contributed by atoms with van der Waals surface area (Å²) < 4.78 is 18.6. The van der Waals surface area contributed by atoms with E-state index >= 15 is 0 Å². The molecule has 0 saturated heterocycles. The monoisotopic (exact) mass is 280 g/mol. The molecule has 0 atom stereocenters. The molecule has 1 aromatic rings. The molecule has 1 aliphatic rings. The Morgan fingerprint density at radius 3 is 2.55 bits per heavy atom. The molecule has 5 heteroatoms. The molecule has 1 aromatic carbocycles. The van der Waals surface area contributed by atoms with Crippen LogP contribution in [0.3, 0.4) is 0 Å². The summed E-state index contributed by atoms with van der Waals surface area (Å²) >= 11 is 0. The number of hydrogen-bond donors (Lipinski definition) is 1. The molecule has 2 rings (SSSR count). The number of hydrogen-bond acceptors (Lipinski definition) is 3. The second kappa shape index (κ2) is 5.79. The molecule has 0 spiro atoms. The van der Waals surface area contributed by atoms with Gasteiger partial charge in [0.25, 0.3) is 0 Å². The Morgan fingerprint density at radius 1 is 1.35 bits per heavy atom. The summed E-state index contributed by atoms with van der Waals surface area (Å²) in [6.45, 7) is 0. The number of rotatable bonds is 3. The highest BCUT2D eigenvalue weighted by molar-refractivity contribution is 5.99. The summed E-state index contributed by atoms with van der Waals surface area (Å²) in [5, 5.41) is 0. The third kappa shape index (κ3) is 2.77. The molecule has 1 aliphatic carbocycles. The van der Waals surface area contributed by atoms with Crippen molar-refractivity contribution in [1.82, 2.24) is 0 Å². The van der Waals surface area contributed by atoms with Gasteiger partial charge in [0.2, 0.25) is 5.91 Å². The number of anilines is 1. The lowest BCUT2D eigenvalue weighted by Gasteiger charge is -2.35. The van der Waals surface area contributed by atoms with Gasteiger partial charge in [0.15, 0.2) is 11.6 Å². The molecule has 0 radical (unpaired) electrons. The van der Waals surface area contributed by atoms with Gasteiger partial charge in [-0.15, -0.1) is 0 Å². The van der Waals surface area contributed by atoms with Crippen LogP contribution in [0.25, 0.3) is 0 Å². The maximum atomic E-state index is 13.7. The lowest BCUT2D eigenvalue weighted by Crippen LogP contribution is -2.55. The molecule has 0 aliphatic heterocycles. The number of nitrogens with zero attached hydrogens (tertiary/aromatic N) is 1. The van der Waals surface area contributed by atoms with E-state index in [9.17, 15) is 9.18 Å². The second-order valence-electron chi connectivity index (χ2n) is 5.40. The Morgan fingerprint density at radius 2 is 2.00 bits per heavy atom. The smallest absolute Gasteiger partial charge is 0.246 e. The lowest BCUT2D eigenvalue weighted by molar-refractivity contribution is -0.124. The van der Waals surface area contributed by atoms with Crippen LogP contribution in [0.15, 0.2) is 18.2 Å². The van der Waals surface area contributed by atoms with Gasteiger partial charge in [-0.3, -0.25) is 4.79 Å². The minimum absolute atomic E-state index is 0.151. The molecule has 1 fully saturated rings. The first-order chi connectivity index (χ1) is 9.48. The number of amides is 1. The largest absolute Gasteiger partial charge is 0.494 e. The minimum Gasteiger partial charge on any atom is -0.494 e. The van der Waals surface area contributed by atoms with Crippen LogP contribution in [0.5, 0.6) is 5.75 Å². The van der Waals surface area contributed by atoms with E-state index in [-0.39, 0.29) is 11.7 Å². The molecule has 0 aromatic heterocycles. The average Bonchev–Trinajstić information content (AvgIpc) is 2.46. The zero-order chi connectivity index (χ0) is 14.8. The van der Waals surface area contributed by atoms with Gasteiger partial charge in [-0.25, -0.2) is 4.39 Å². The van der Waals surface area contributed by atoms with E-state index in [1.165, 1.54) is 24.1 Å². The molecule has 20 heavy (non-hydrogen) atoms. The van der Waals surface area contributed by atoms with Crippen molar-refractivity contribution in [2.24, 2.45) is 5.73 Å². The summed E-state index contributed by atoms with van der Waals surface area (Å²) in [7, 11) is 3.04. The van der Waals surface area contributed by atoms with Crippen LogP contribution in [-0.2, 0) is 4.79 Å². The number of carbonyl (C=O) groups excluding carboxylic acids is 1. The Labute approximate surface area is 118 Å². The molecule has 1 saturated carbocycles. The Bertz CT molecular complexity index is 499. The quantitative estimate of drug-likeness (QED) is 0.925. The molecule has 1 amide bonds. The van der Waals surface area contributed by atoms with Crippen LogP contribution in [0, 0.1) is 5.82 Å². The highest BCUT2D eigenvalue weighted by Gasteiger charge is 2.37. The predicted octanol–water partition coefficient (Wildman–Crippen LogP) is 2.46. The van der Waals surface area contributed by atoms with Crippen LogP contribution in [-0.4, -0.2) is 25.6 Å². The average molecular weight is 280 g/mol. The van der Waals surface area contributed by atoms with Crippen LogP contribution in [0.2, 0.25) is 0 Å². The molecule has 4 nitrogen and oxygen atoms in total. The van der Waals surface area contributed by atoms with Crippen molar-refractivity contribution in [3.8, 4) is 5.75 Å². The van der Waals surface area contributed by atoms with Crippen molar-refractivity contribution in [2.45, 2.75) is 37.6 Å². The standard InChI is InChI=1S/C15H21FN2O2/c1-18(11-6-7-13(20-2)12(16)10-11)14(19)15(17)8-4-3-5-9-15/h6-7,10H,3-5,8-9,17H2,1-2H3. The number of likely N-dealkylation sites (N-methyl/N-ethyl adjacent to an activating group) is 1. The first kappa shape index (κ1) is 14.8. The molecule has 0 unspecified atom stereocenters. The fraction of sp³-hybridized carbons (Fsp3) is 0.533. The van der Waals surface area contributed by atoms with Gasteiger partial charge in [-0.2, -0.15) is 0 Å². The molecular weight excluding hydrogens is 259 g/mol. The molecular formula is C15H21FN2O2. The van der Waals surface area contributed by atoms with Crippen LogP contribution in [0.4, 0.5) is 10.1 Å². The van der Waals surface area contributed by atoms with Crippen molar-refractivity contribution in [3.05, 3.63) is 24.0 Å². The minimum atomic E-state index is -0.816. The summed E-state index contributed by atoms with van der Waals surface area (Å²) in [6, 6.07) is 4.47. The SMILES string of the molecule is COc1ccc(N(C)C(=O)C2(N)CCCCC2)cc1F. The Kier molecular flexibility index (Phi) is 4.28. The highest BCUT2D eigenvalue weighted by Crippen LogP contribution is 2.30. The van der Waals surface area contributed by atoms with Crippen molar-refractivity contribution >= 4 is 11.6 Å². The van der Waals surface area contributed by atoms with E-state index in [0.717, 1.165) is 19.3 Å². The predicted molar refractivity (Wildman–Crippen MR) is 76.4 cm³/mol. The first-order valence-corrected chi connectivity index (χ1v) is 6.88. The van der Waals surface area contributed by atoms with Gasteiger partial charge >= 0.3 is 0 Å². The first-order valence-electron chi connectivity index (χ1n) is 6.88. The van der Waals surface area contributed by atoms with E-state index in [2.05, 4.69) is 0 Å². The van der Waals surface area contributed by atoms with Crippen molar-refractivity contribution in [1.29, 1.82) is 0 Å².